The summed E-state index contributed by atoms with van der Waals surface area (Å²) in [7, 11) is 1.55. The topological polar surface area (TPSA) is 44.5 Å². The summed E-state index contributed by atoms with van der Waals surface area (Å²) in [4.78, 5) is 0. The highest BCUT2D eigenvalue weighted by Crippen LogP contribution is 2.18. The van der Waals surface area contributed by atoms with Crippen molar-refractivity contribution in [1.29, 1.82) is 0 Å². The Balaban J connectivity index is 2.63. The fraction of sp³-hybridized carbons (Fsp3) is 0.400. The maximum atomic E-state index is 11.8. The van der Waals surface area contributed by atoms with Crippen molar-refractivity contribution in [1.82, 2.24) is 0 Å². The first kappa shape index (κ1) is 11.9. The standard InChI is InChI=1S/C10H13F2NO2/c1-14-6-9(13)7-2-4-8(5-3-7)15-10(11)12/h2-5,9-10H,6,13H2,1H3/t9-/m0/s1. The van der Waals surface area contributed by atoms with E-state index in [1.54, 1.807) is 19.2 Å². The van der Waals surface area contributed by atoms with E-state index in [2.05, 4.69) is 4.74 Å². The Kier molecular flexibility index (Phi) is 4.45. The van der Waals surface area contributed by atoms with Crippen LogP contribution in [0.5, 0.6) is 5.75 Å². The number of nitrogens with two attached hydrogens (primary N) is 1. The third-order valence-electron chi connectivity index (χ3n) is 1.88. The van der Waals surface area contributed by atoms with Gasteiger partial charge in [-0.15, -0.1) is 0 Å². The molecule has 3 nitrogen and oxygen atoms in total. The average molecular weight is 217 g/mol. The molecule has 0 fully saturated rings. The smallest absolute Gasteiger partial charge is 0.387 e. The first-order chi connectivity index (χ1) is 7.13. The Labute approximate surface area is 86.8 Å². The second kappa shape index (κ2) is 5.63. The first-order valence-electron chi connectivity index (χ1n) is 4.42. The van der Waals surface area contributed by atoms with Crippen LogP contribution < -0.4 is 10.5 Å². The van der Waals surface area contributed by atoms with Crippen LogP contribution in [-0.4, -0.2) is 20.3 Å². The molecule has 2 N–H and O–H groups in total. The lowest BCUT2D eigenvalue weighted by molar-refractivity contribution is -0.0498. The van der Waals surface area contributed by atoms with Gasteiger partial charge in [0.1, 0.15) is 5.75 Å². The molecule has 0 saturated heterocycles. The highest BCUT2D eigenvalue weighted by Gasteiger charge is 2.07. The third-order valence-corrected chi connectivity index (χ3v) is 1.88. The molecule has 0 spiro atoms. The van der Waals surface area contributed by atoms with Gasteiger partial charge in [0.2, 0.25) is 0 Å². The van der Waals surface area contributed by atoms with Crippen LogP contribution in [0.1, 0.15) is 11.6 Å². The Hall–Kier alpha value is -1.20. The Bertz CT molecular complexity index is 290. The van der Waals surface area contributed by atoms with Crippen molar-refractivity contribution in [3.05, 3.63) is 29.8 Å². The van der Waals surface area contributed by atoms with Crippen LogP contribution in [0.25, 0.3) is 0 Å². The van der Waals surface area contributed by atoms with Gasteiger partial charge in [0.05, 0.1) is 12.6 Å². The van der Waals surface area contributed by atoms with Gasteiger partial charge in [-0.25, -0.2) is 0 Å². The number of benzene rings is 1. The molecule has 0 radical (unpaired) electrons. The second-order valence-electron chi connectivity index (χ2n) is 3.01. The Morgan fingerprint density at radius 2 is 1.87 bits per heavy atom. The molecule has 15 heavy (non-hydrogen) atoms. The van der Waals surface area contributed by atoms with Gasteiger partial charge >= 0.3 is 6.61 Å². The summed E-state index contributed by atoms with van der Waals surface area (Å²) in [5, 5.41) is 0. The van der Waals surface area contributed by atoms with Crippen LogP contribution in [-0.2, 0) is 4.74 Å². The highest BCUT2D eigenvalue weighted by molar-refractivity contribution is 5.29. The van der Waals surface area contributed by atoms with Crippen LogP contribution in [0.2, 0.25) is 0 Å². The predicted molar refractivity (Wildman–Crippen MR) is 51.9 cm³/mol. The average Bonchev–Trinajstić information content (AvgIpc) is 2.18. The van der Waals surface area contributed by atoms with Gasteiger partial charge in [0.15, 0.2) is 0 Å². The fourth-order valence-electron chi connectivity index (χ4n) is 1.17. The van der Waals surface area contributed by atoms with E-state index in [1.807, 2.05) is 0 Å². The van der Waals surface area contributed by atoms with Crippen molar-refractivity contribution < 1.29 is 18.3 Å². The first-order valence-corrected chi connectivity index (χ1v) is 4.42. The number of ether oxygens (including phenoxy) is 2. The largest absolute Gasteiger partial charge is 0.435 e. The lowest BCUT2D eigenvalue weighted by Gasteiger charge is -2.11. The van der Waals surface area contributed by atoms with E-state index in [4.69, 9.17) is 10.5 Å². The van der Waals surface area contributed by atoms with E-state index >= 15 is 0 Å². The summed E-state index contributed by atoms with van der Waals surface area (Å²) in [6.07, 6.45) is 0. The normalized spacial score (nSPS) is 12.9. The molecule has 0 aliphatic rings. The molecular formula is C10H13F2NO2. The Morgan fingerprint density at radius 1 is 1.27 bits per heavy atom. The highest BCUT2D eigenvalue weighted by atomic mass is 19.3. The van der Waals surface area contributed by atoms with Crippen molar-refractivity contribution >= 4 is 0 Å². The van der Waals surface area contributed by atoms with Crippen LogP contribution in [0.4, 0.5) is 8.78 Å². The van der Waals surface area contributed by atoms with Crippen molar-refractivity contribution in [2.75, 3.05) is 13.7 Å². The zero-order valence-electron chi connectivity index (χ0n) is 8.32. The molecule has 0 bridgehead atoms. The SMILES string of the molecule is COC[C@H](N)c1ccc(OC(F)F)cc1. The van der Waals surface area contributed by atoms with E-state index in [0.29, 0.717) is 6.61 Å². The van der Waals surface area contributed by atoms with Crippen LogP contribution in [0, 0.1) is 0 Å². The molecule has 5 heteroatoms. The lowest BCUT2D eigenvalue weighted by atomic mass is 10.1. The van der Waals surface area contributed by atoms with Gasteiger partial charge in [-0.05, 0) is 17.7 Å². The minimum atomic E-state index is -2.80. The fourth-order valence-corrected chi connectivity index (χ4v) is 1.17. The molecule has 1 aromatic rings. The second-order valence-corrected chi connectivity index (χ2v) is 3.01. The molecule has 0 amide bonds. The van der Waals surface area contributed by atoms with Gasteiger partial charge in [-0.1, -0.05) is 12.1 Å². The summed E-state index contributed by atoms with van der Waals surface area (Å²) >= 11 is 0. The quantitative estimate of drug-likeness (QED) is 0.819. The van der Waals surface area contributed by atoms with Crippen LogP contribution in [0.3, 0.4) is 0 Å². The van der Waals surface area contributed by atoms with E-state index in [0.717, 1.165) is 5.56 Å². The van der Waals surface area contributed by atoms with E-state index in [1.165, 1.54) is 12.1 Å². The van der Waals surface area contributed by atoms with E-state index in [-0.39, 0.29) is 11.8 Å². The summed E-state index contributed by atoms with van der Waals surface area (Å²) in [6.45, 7) is -2.42. The van der Waals surface area contributed by atoms with Gasteiger partial charge in [0.25, 0.3) is 0 Å². The molecule has 1 atom stereocenters. The maximum Gasteiger partial charge on any atom is 0.387 e. The zero-order valence-corrected chi connectivity index (χ0v) is 8.32. The van der Waals surface area contributed by atoms with Gasteiger partial charge in [-0.2, -0.15) is 8.78 Å². The summed E-state index contributed by atoms with van der Waals surface area (Å²) in [6, 6.07) is 5.94. The number of alkyl halides is 2. The molecule has 0 heterocycles. The van der Waals surface area contributed by atoms with Crippen LogP contribution in [0.15, 0.2) is 24.3 Å². The molecule has 0 saturated carbocycles. The van der Waals surface area contributed by atoms with Gasteiger partial charge < -0.3 is 15.2 Å². The number of hydrogen-bond acceptors (Lipinski definition) is 3. The van der Waals surface area contributed by atoms with E-state index < -0.39 is 6.61 Å². The number of hydrogen-bond donors (Lipinski definition) is 1. The molecule has 0 aliphatic carbocycles. The van der Waals surface area contributed by atoms with E-state index in [9.17, 15) is 8.78 Å². The minimum Gasteiger partial charge on any atom is -0.435 e. The molecule has 84 valence electrons. The van der Waals surface area contributed by atoms with Crippen LogP contribution >= 0.6 is 0 Å². The van der Waals surface area contributed by atoms with Crippen molar-refractivity contribution in [3.8, 4) is 5.75 Å². The maximum absolute atomic E-state index is 11.8. The van der Waals surface area contributed by atoms with Crippen molar-refractivity contribution in [2.45, 2.75) is 12.7 Å². The molecule has 1 aromatic carbocycles. The van der Waals surface area contributed by atoms with Crippen molar-refractivity contribution in [2.24, 2.45) is 5.73 Å². The zero-order chi connectivity index (χ0) is 11.3. The molecule has 1 rings (SSSR count). The third kappa shape index (κ3) is 3.81. The predicted octanol–water partition coefficient (Wildman–Crippen LogP) is 1.93. The molecule has 0 aromatic heterocycles. The molecular weight excluding hydrogens is 204 g/mol. The van der Waals surface area contributed by atoms with Gasteiger partial charge in [-0.3, -0.25) is 0 Å². The minimum absolute atomic E-state index is 0.123. The lowest BCUT2D eigenvalue weighted by Crippen LogP contribution is -2.15. The molecule has 0 unspecified atom stereocenters. The van der Waals surface area contributed by atoms with Crippen molar-refractivity contribution in [3.63, 3.8) is 0 Å². The Morgan fingerprint density at radius 3 is 2.33 bits per heavy atom. The summed E-state index contributed by atoms with van der Waals surface area (Å²) in [5.41, 5.74) is 6.56. The molecule has 0 aliphatic heterocycles. The summed E-state index contributed by atoms with van der Waals surface area (Å²) in [5.74, 6) is 0.123. The monoisotopic (exact) mass is 217 g/mol. The number of halogens is 2. The van der Waals surface area contributed by atoms with Gasteiger partial charge in [0, 0.05) is 7.11 Å². The number of rotatable bonds is 5. The number of methoxy groups -OCH3 is 1. The summed E-state index contributed by atoms with van der Waals surface area (Å²) < 4.78 is 32.7.